The van der Waals surface area contributed by atoms with E-state index >= 15 is 0 Å². The van der Waals surface area contributed by atoms with Gasteiger partial charge in [0.2, 0.25) is 0 Å². The molecule has 0 spiro atoms. The summed E-state index contributed by atoms with van der Waals surface area (Å²) in [5.74, 6) is 6.93. The van der Waals surface area contributed by atoms with E-state index in [0.29, 0.717) is 11.8 Å². The van der Waals surface area contributed by atoms with E-state index in [9.17, 15) is 4.39 Å². The fourth-order valence-electron chi connectivity index (χ4n) is 3.20. The number of ether oxygens (including phenoxy) is 1. The summed E-state index contributed by atoms with van der Waals surface area (Å²) in [6.07, 6.45) is 4.49. The van der Waals surface area contributed by atoms with Crippen LogP contribution >= 0.6 is 0 Å². The lowest BCUT2D eigenvalue weighted by Crippen LogP contribution is -2.43. The van der Waals surface area contributed by atoms with Crippen LogP contribution in [0.15, 0.2) is 18.2 Å². The minimum Gasteiger partial charge on any atom is -0.494 e. The number of nitrogens with two attached hydrogens (primary N) is 1. The minimum absolute atomic E-state index is 0.213. The van der Waals surface area contributed by atoms with Gasteiger partial charge in [0, 0.05) is 6.04 Å². The minimum atomic E-state index is -0.310. The van der Waals surface area contributed by atoms with Crippen molar-refractivity contribution in [2.75, 3.05) is 7.11 Å². The zero-order valence-electron chi connectivity index (χ0n) is 11.7. The Hall–Kier alpha value is -1.13. The third kappa shape index (κ3) is 3.25. The van der Waals surface area contributed by atoms with Gasteiger partial charge in [0.25, 0.3) is 0 Å². The Morgan fingerprint density at radius 2 is 2.26 bits per heavy atom. The molecular formula is C15H23FN2O. The van der Waals surface area contributed by atoms with E-state index in [1.54, 1.807) is 12.1 Å². The molecule has 19 heavy (non-hydrogen) atoms. The zero-order valence-corrected chi connectivity index (χ0v) is 11.7. The van der Waals surface area contributed by atoms with Crippen LogP contribution in [-0.2, 0) is 6.42 Å². The molecule has 4 heteroatoms. The summed E-state index contributed by atoms with van der Waals surface area (Å²) < 4.78 is 18.6. The average Bonchev–Trinajstić information content (AvgIpc) is 2.82. The lowest BCUT2D eigenvalue weighted by atomic mass is 9.87. The Labute approximate surface area is 114 Å². The van der Waals surface area contributed by atoms with Gasteiger partial charge in [-0.05, 0) is 42.4 Å². The SMILES string of the molecule is COc1ccc(CC(NN)C2CCCC2C)cc1F. The maximum Gasteiger partial charge on any atom is 0.165 e. The van der Waals surface area contributed by atoms with Gasteiger partial charge < -0.3 is 4.74 Å². The number of nitrogens with one attached hydrogen (secondary N) is 1. The van der Waals surface area contributed by atoms with E-state index in [4.69, 9.17) is 10.6 Å². The predicted octanol–water partition coefficient (Wildman–Crippen LogP) is 2.64. The molecule has 0 heterocycles. The summed E-state index contributed by atoms with van der Waals surface area (Å²) >= 11 is 0. The summed E-state index contributed by atoms with van der Waals surface area (Å²) in [4.78, 5) is 0. The molecule has 0 amide bonds. The molecule has 1 aromatic rings. The van der Waals surface area contributed by atoms with Gasteiger partial charge >= 0.3 is 0 Å². The highest BCUT2D eigenvalue weighted by Crippen LogP contribution is 2.34. The maximum atomic E-state index is 13.7. The van der Waals surface area contributed by atoms with Gasteiger partial charge in [0.15, 0.2) is 11.6 Å². The van der Waals surface area contributed by atoms with Gasteiger partial charge in [-0.15, -0.1) is 0 Å². The van der Waals surface area contributed by atoms with Crippen molar-refractivity contribution in [3.05, 3.63) is 29.6 Å². The molecule has 1 fully saturated rings. The fraction of sp³-hybridized carbons (Fsp3) is 0.600. The summed E-state index contributed by atoms with van der Waals surface area (Å²) in [6, 6.07) is 5.34. The van der Waals surface area contributed by atoms with Crippen molar-refractivity contribution >= 4 is 0 Å². The van der Waals surface area contributed by atoms with Gasteiger partial charge in [-0.1, -0.05) is 25.8 Å². The van der Waals surface area contributed by atoms with Crippen molar-refractivity contribution in [3.8, 4) is 5.75 Å². The van der Waals surface area contributed by atoms with Crippen LogP contribution in [0.5, 0.6) is 5.75 Å². The molecule has 1 aromatic carbocycles. The van der Waals surface area contributed by atoms with Crippen molar-refractivity contribution in [2.45, 2.75) is 38.6 Å². The summed E-state index contributed by atoms with van der Waals surface area (Å²) in [6.45, 7) is 2.27. The lowest BCUT2D eigenvalue weighted by molar-refractivity contribution is 0.297. The maximum absolute atomic E-state index is 13.7. The molecule has 3 nitrogen and oxygen atoms in total. The first-order valence-electron chi connectivity index (χ1n) is 6.94. The van der Waals surface area contributed by atoms with Gasteiger partial charge in [0.1, 0.15) is 0 Å². The van der Waals surface area contributed by atoms with Gasteiger partial charge in [-0.25, -0.2) is 4.39 Å². The number of rotatable bonds is 5. The van der Waals surface area contributed by atoms with Crippen LogP contribution in [-0.4, -0.2) is 13.2 Å². The van der Waals surface area contributed by atoms with Gasteiger partial charge in [-0.3, -0.25) is 11.3 Å². The largest absolute Gasteiger partial charge is 0.494 e. The number of hydrogen-bond donors (Lipinski definition) is 2. The highest BCUT2D eigenvalue weighted by atomic mass is 19.1. The number of methoxy groups -OCH3 is 1. The van der Waals surface area contributed by atoms with E-state index < -0.39 is 0 Å². The predicted molar refractivity (Wildman–Crippen MR) is 74.3 cm³/mol. The van der Waals surface area contributed by atoms with Crippen LogP contribution in [0.4, 0.5) is 4.39 Å². The van der Waals surface area contributed by atoms with Crippen molar-refractivity contribution in [1.29, 1.82) is 0 Å². The number of halogens is 1. The van der Waals surface area contributed by atoms with Crippen LogP contribution in [0.1, 0.15) is 31.7 Å². The second kappa shape index (κ2) is 6.35. The van der Waals surface area contributed by atoms with Crippen LogP contribution in [0, 0.1) is 17.7 Å². The normalized spacial score (nSPS) is 24.4. The van der Waals surface area contributed by atoms with E-state index in [0.717, 1.165) is 12.0 Å². The van der Waals surface area contributed by atoms with E-state index in [1.807, 2.05) is 6.07 Å². The number of hydrazine groups is 1. The summed E-state index contributed by atoms with van der Waals surface area (Å²) in [5.41, 5.74) is 3.88. The molecule has 0 aliphatic heterocycles. The Kier molecular flexibility index (Phi) is 4.77. The van der Waals surface area contributed by atoms with E-state index in [2.05, 4.69) is 12.3 Å². The molecule has 0 radical (unpaired) electrons. The molecule has 1 aliphatic carbocycles. The Bertz CT molecular complexity index is 425. The first-order chi connectivity index (χ1) is 9.15. The van der Waals surface area contributed by atoms with Crippen LogP contribution in [0.2, 0.25) is 0 Å². The summed E-state index contributed by atoms with van der Waals surface area (Å²) in [5, 5.41) is 0. The summed E-state index contributed by atoms with van der Waals surface area (Å²) in [7, 11) is 1.47. The second-order valence-corrected chi connectivity index (χ2v) is 5.52. The molecule has 2 rings (SSSR count). The van der Waals surface area contributed by atoms with Crippen molar-refractivity contribution in [3.63, 3.8) is 0 Å². The molecule has 1 saturated carbocycles. The molecule has 0 saturated heterocycles. The molecule has 1 aliphatic rings. The van der Waals surface area contributed by atoms with Crippen LogP contribution in [0.3, 0.4) is 0 Å². The third-order valence-corrected chi connectivity index (χ3v) is 4.33. The van der Waals surface area contributed by atoms with Gasteiger partial charge in [0.05, 0.1) is 7.11 Å². The highest BCUT2D eigenvalue weighted by Gasteiger charge is 2.30. The van der Waals surface area contributed by atoms with Crippen LogP contribution < -0.4 is 16.0 Å². The molecule has 0 bridgehead atoms. The van der Waals surface area contributed by atoms with E-state index in [1.165, 1.54) is 26.4 Å². The van der Waals surface area contributed by atoms with Crippen molar-refractivity contribution in [2.24, 2.45) is 17.7 Å². The molecule has 3 atom stereocenters. The standard InChI is InChI=1S/C15H23FN2O/c1-10-4-3-5-12(10)14(18-17)9-11-6-7-15(19-2)13(16)8-11/h6-8,10,12,14,18H,3-5,9,17H2,1-2H3. The van der Waals surface area contributed by atoms with Crippen molar-refractivity contribution < 1.29 is 9.13 Å². The lowest BCUT2D eigenvalue weighted by Gasteiger charge is -2.26. The fourth-order valence-corrected chi connectivity index (χ4v) is 3.20. The molecule has 3 N–H and O–H groups in total. The topological polar surface area (TPSA) is 47.3 Å². The third-order valence-electron chi connectivity index (χ3n) is 4.33. The Balaban J connectivity index is 2.07. The first-order valence-corrected chi connectivity index (χ1v) is 6.94. The first kappa shape index (κ1) is 14.3. The number of benzene rings is 1. The average molecular weight is 266 g/mol. The quantitative estimate of drug-likeness (QED) is 0.636. The zero-order chi connectivity index (χ0) is 13.8. The molecule has 3 unspecified atom stereocenters. The van der Waals surface area contributed by atoms with Crippen LogP contribution in [0.25, 0.3) is 0 Å². The number of hydrogen-bond acceptors (Lipinski definition) is 3. The van der Waals surface area contributed by atoms with Crippen molar-refractivity contribution in [1.82, 2.24) is 5.43 Å². The molecular weight excluding hydrogens is 243 g/mol. The highest BCUT2D eigenvalue weighted by molar-refractivity contribution is 5.29. The molecule has 0 aromatic heterocycles. The smallest absolute Gasteiger partial charge is 0.165 e. The Morgan fingerprint density at radius 3 is 2.79 bits per heavy atom. The van der Waals surface area contributed by atoms with E-state index in [-0.39, 0.29) is 17.6 Å². The molecule has 106 valence electrons. The van der Waals surface area contributed by atoms with Gasteiger partial charge in [-0.2, -0.15) is 0 Å². The monoisotopic (exact) mass is 266 g/mol. The second-order valence-electron chi connectivity index (χ2n) is 5.52. The Morgan fingerprint density at radius 1 is 1.47 bits per heavy atom.